The molecular formula is C12H18F3N3O2. The molecule has 0 spiro atoms. The summed E-state index contributed by atoms with van der Waals surface area (Å²) in [6.45, 7) is 3.23. The maximum atomic E-state index is 11.7. The molecule has 2 aliphatic heterocycles. The summed E-state index contributed by atoms with van der Waals surface area (Å²) in [5.74, 6) is 0. The van der Waals surface area contributed by atoms with Crippen LogP contribution in [0.25, 0.3) is 0 Å². The highest BCUT2D eigenvalue weighted by atomic mass is 19.4. The average Bonchev–Trinajstić information content (AvgIpc) is 2.47. The lowest BCUT2D eigenvalue weighted by Crippen LogP contribution is -2.39. The lowest BCUT2D eigenvalue weighted by atomic mass is 10.4. The van der Waals surface area contributed by atoms with E-state index in [1.807, 2.05) is 0 Å². The summed E-state index contributed by atoms with van der Waals surface area (Å²) < 4.78 is 39.0. The Kier molecular flexibility index (Phi) is 7.10. The molecule has 1 saturated heterocycles. The minimum Gasteiger partial charge on any atom is -0.440 e. The molecule has 5 nitrogen and oxygen atoms in total. The van der Waals surface area contributed by atoms with Crippen molar-refractivity contribution in [1.82, 2.24) is 15.5 Å². The summed E-state index contributed by atoms with van der Waals surface area (Å²) in [6.07, 6.45) is 0.743. The largest absolute Gasteiger partial charge is 0.440 e. The molecule has 1 amide bonds. The molecule has 20 heavy (non-hydrogen) atoms. The zero-order valence-corrected chi connectivity index (χ0v) is 10.9. The quantitative estimate of drug-likeness (QED) is 0.764. The van der Waals surface area contributed by atoms with E-state index >= 15 is 0 Å². The predicted molar refractivity (Wildman–Crippen MR) is 68.1 cm³/mol. The van der Waals surface area contributed by atoms with Crippen LogP contribution in [-0.2, 0) is 4.74 Å². The van der Waals surface area contributed by atoms with E-state index in [0.29, 0.717) is 0 Å². The van der Waals surface area contributed by atoms with Crippen LogP contribution < -0.4 is 10.6 Å². The van der Waals surface area contributed by atoms with Crippen molar-refractivity contribution in [3.63, 3.8) is 0 Å². The molecule has 0 saturated carbocycles. The van der Waals surface area contributed by atoms with Crippen LogP contribution >= 0.6 is 0 Å². The third kappa shape index (κ3) is 7.80. The number of amides is 1. The first-order valence-corrected chi connectivity index (χ1v) is 6.24. The van der Waals surface area contributed by atoms with Gasteiger partial charge in [-0.15, -0.1) is 0 Å². The molecule has 0 atom stereocenters. The van der Waals surface area contributed by atoms with Crippen LogP contribution in [-0.4, -0.2) is 56.5 Å². The Morgan fingerprint density at radius 2 is 1.75 bits per heavy atom. The van der Waals surface area contributed by atoms with Crippen molar-refractivity contribution in [2.45, 2.75) is 6.18 Å². The molecule has 0 aliphatic carbocycles. The average molecular weight is 293 g/mol. The van der Waals surface area contributed by atoms with E-state index in [-0.39, 0.29) is 6.54 Å². The van der Waals surface area contributed by atoms with Crippen LogP contribution in [0, 0.1) is 0 Å². The van der Waals surface area contributed by atoms with Crippen molar-refractivity contribution in [3.05, 3.63) is 24.4 Å². The number of allylic oxidation sites excluding steroid dienone is 2. The first-order chi connectivity index (χ1) is 9.49. The Labute approximate surface area is 115 Å². The molecule has 0 aromatic heterocycles. The van der Waals surface area contributed by atoms with Crippen molar-refractivity contribution < 1.29 is 22.7 Å². The van der Waals surface area contributed by atoms with Crippen molar-refractivity contribution >= 4 is 6.09 Å². The predicted octanol–water partition coefficient (Wildman–Crippen LogP) is 1.25. The van der Waals surface area contributed by atoms with Gasteiger partial charge in [-0.1, -0.05) is 12.2 Å². The van der Waals surface area contributed by atoms with E-state index in [4.69, 9.17) is 0 Å². The van der Waals surface area contributed by atoms with Crippen molar-refractivity contribution in [2.24, 2.45) is 0 Å². The second-order valence-electron chi connectivity index (χ2n) is 4.09. The monoisotopic (exact) mass is 293 g/mol. The second kappa shape index (κ2) is 8.60. The Balaban J connectivity index is 0.000000276. The molecule has 0 bridgehead atoms. The summed E-state index contributed by atoms with van der Waals surface area (Å²) in [5.41, 5.74) is 0. The SMILES string of the molecule is C1CNCCN1.O=C(OCC(F)(F)F)N1C=CC=CC1. The Morgan fingerprint density at radius 3 is 2.15 bits per heavy atom. The molecule has 0 unspecified atom stereocenters. The molecule has 1 fully saturated rings. The lowest BCUT2D eigenvalue weighted by Gasteiger charge is -2.18. The van der Waals surface area contributed by atoms with Gasteiger partial charge in [0.1, 0.15) is 0 Å². The van der Waals surface area contributed by atoms with Crippen LogP contribution in [0.5, 0.6) is 0 Å². The minimum absolute atomic E-state index is 0.229. The Morgan fingerprint density at radius 1 is 1.15 bits per heavy atom. The number of hydrogen-bond acceptors (Lipinski definition) is 4. The summed E-state index contributed by atoms with van der Waals surface area (Å²) in [7, 11) is 0. The first kappa shape index (κ1) is 16.5. The zero-order chi connectivity index (χ0) is 14.8. The van der Waals surface area contributed by atoms with E-state index in [2.05, 4.69) is 15.4 Å². The number of ether oxygens (including phenoxy) is 1. The van der Waals surface area contributed by atoms with Gasteiger partial charge >= 0.3 is 12.3 Å². The van der Waals surface area contributed by atoms with Gasteiger partial charge in [0.15, 0.2) is 6.61 Å². The minimum atomic E-state index is -4.48. The molecule has 0 aromatic rings. The van der Waals surface area contributed by atoms with Crippen LogP contribution in [0.3, 0.4) is 0 Å². The number of carbonyl (C=O) groups is 1. The fraction of sp³-hybridized carbons (Fsp3) is 0.583. The highest BCUT2D eigenvalue weighted by Gasteiger charge is 2.30. The fourth-order valence-electron chi connectivity index (χ4n) is 1.43. The summed E-state index contributed by atoms with van der Waals surface area (Å²) in [5, 5.41) is 6.44. The fourth-order valence-corrected chi connectivity index (χ4v) is 1.43. The van der Waals surface area contributed by atoms with Crippen LogP contribution in [0.15, 0.2) is 24.4 Å². The van der Waals surface area contributed by atoms with Crippen molar-refractivity contribution in [2.75, 3.05) is 39.3 Å². The van der Waals surface area contributed by atoms with Gasteiger partial charge in [-0.25, -0.2) is 4.79 Å². The van der Waals surface area contributed by atoms with E-state index in [1.54, 1.807) is 18.2 Å². The van der Waals surface area contributed by atoms with E-state index in [9.17, 15) is 18.0 Å². The van der Waals surface area contributed by atoms with Gasteiger partial charge < -0.3 is 15.4 Å². The Bertz CT molecular complexity index is 341. The van der Waals surface area contributed by atoms with Gasteiger partial charge in [-0.2, -0.15) is 13.2 Å². The summed E-state index contributed by atoms with van der Waals surface area (Å²) >= 11 is 0. The third-order valence-electron chi connectivity index (χ3n) is 2.37. The van der Waals surface area contributed by atoms with Crippen LogP contribution in [0.1, 0.15) is 0 Å². The van der Waals surface area contributed by atoms with E-state index in [1.165, 1.54) is 6.20 Å². The molecule has 2 rings (SSSR count). The molecule has 0 radical (unpaired) electrons. The number of piperazine rings is 1. The van der Waals surface area contributed by atoms with Gasteiger partial charge in [0.25, 0.3) is 0 Å². The van der Waals surface area contributed by atoms with Crippen molar-refractivity contribution in [3.8, 4) is 0 Å². The number of nitrogens with zero attached hydrogens (tertiary/aromatic N) is 1. The van der Waals surface area contributed by atoms with E-state index < -0.39 is 18.9 Å². The maximum Gasteiger partial charge on any atom is 0.422 e. The van der Waals surface area contributed by atoms with Crippen molar-refractivity contribution in [1.29, 1.82) is 0 Å². The standard InChI is InChI=1S/C8H8F3NO2.C4H10N2/c9-8(10,11)6-14-7(13)12-4-2-1-3-5-12;1-2-6-4-3-5-1/h1-4H,5-6H2;5-6H,1-4H2. The highest BCUT2D eigenvalue weighted by molar-refractivity contribution is 5.69. The number of rotatable bonds is 1. The molecular weight excluding hydrogens is 275 g/mol. The zero-order valence-electron chi connectivity index (χ0n) is 10.9. The topological polar surface area (TPSA) is 53.6 Å². The van der Waals surface area contributed by atoms with Gasteiger partial charge in [0.05, 0.1) is 0 Å². The van der Waals surface area contributed by atoms with Gasteiger partial charge in [0, 0.05) is 38.9 Å². The number of alkyl halides is 3. The number of hydrogen-bond donors (Lipinski definition) is 2. The summed E-state index contributed by atoms with van der Waals surface area (Å²) in [6, 6.07) is 0. The normalized spacial score (nSPS) is 18.2. The summed E-state index contributed by atoms with van der Waals surface area (Å²) in [4.78, 5) is 12.0. The molecule has 114 valence electrons. The van der Waals surface area contributed by atoms with Gasteiger partial charge in [-0.05, 0) is 6.08 Å². The Hall–Kier alpha value is -1.54. The molecule has 0 aromatic carbocycles. The third-order valence-corrected chi connectivity index (χ3v) is 2.37. The number of carbonyl (C=O) groups excluding carboxylic acids is 1. The molecule has 2 aliphatic rings. The van der Waals surface area contributed by atoms with E-state index in [0.717, 1.165) is 31.1 Å². The second-order valence-corrected chi connectivity index (χ2v) is 4.09. The van der Waals surface area contributed by atoms with Crippen LogP contribution in [0.2, 0.25) is 0 Å². The smallest absolute Gasteiger partial charge is 0.422 e. The van der Waals surface area contributed by atoms with Gasteiger partial charge in [0.2, 0.25) is 0 Å². The number of halogens is 3. The molecule has 2 N–H and O–H groups in total. The highest BCUT2D eigenvalue weighted by Crippen LogP contribution is 2.15. The lowest BCUT2D eigenvalue weighted by molar-refractivity contribution is -0.161. The first-order valence-electron chi connectivity index (χ1n) is 6.24. The maximum absolute atomic E-state index is 11.7. The number of nitrogens with one attached hydrogen (secondary N) is 2. The molecule has 8 heteroatoms. The van der Waals surface area contributed by atoms with Gasteiger partial charge in [-0.3, -0.25) is 4.90 Å². The molecule has 2 heterocycles. The van der Waals surface area contributed by atoms with Crippen LogP contribution in [0.4, 0.5) is 18.0 Å².